The first-order chi connectivity index (χ1) is 13.5. The van der Waals surface area contributed by atoms with E-state index in [1.165, 1.54) is 0 Å². The van der Waals surface area contributed by atoms with Crippen LogP contribution < -0.4 is 14.4 Å². The zero-order chi connectivity index (χ0) is 19.7. The van der Waals surface area contributed by atoms with Crippen LogP contribution in [-0.2, 0) is 16.1 Å². The van der Waals surface area contributed by atoms with Crippen LogP contribution in [0.25, 0.3) is 0 Å². The van der Waals surface area contributed by atoms with Gasteiger partial charge in [-0.15, -0.1) is 0 Å². The van der Waals surface area contributed by atoms with E-state index in [2.05, 4.69) is 0 Å². The van der Waals surface area contributed by atoms with Gasteiger partial charge in [0.15, 0.2) is 11.5 Å². The quantitative estimate of drug-likeness (QED) is 0.791. The number of rotatable bonds is 4. The molecule has 6 nitrogen and oxygen atoms in total. The van der Waals surface area contributed by atoms with Gasteiger partial charge < -0.3 is 19.3 Å². The SMILES string of the molecule is CN(Cc1ccccc1Cl)C(=O)[C@H]1CC(=O)N(c2ccc3c(c2)OCCO3)C1. The Kier molecular flexibility index (Phi) is 5.13. The van der Waals surface area contributed by atoms with Gasteiger partial charge in [-0.1, -0.05) is 29.8 Å². The third-order valence-corrected chi connectivity index (χ3v) is 5.42. The highest BCUT2D eigenvalue weighted by atomic mass is 35.5. The highest BCUT2D eigenvalue weighted by molar-refractivity contribution is 6.31. The molecule has 28 heavy (non-hydrogen) atoms. The molecule has 2 aliphatic heterocycles. The summed E-state index contributed by atoms with van der Waals surface area (Å²) in [6.07, 6.45) is 0.195. The van der Waals surface area contributed by atoms with E-state index in [1.807, 2.05) is 24.3 Å². The maximum atomic E-state index is 12.9. The molecule has 2 aliphatic rings. The fraction of sp³-hybridized carbons (Fsp3) is 0.333. The molecule has 0 aromatic heterocycles. The Labute approximate surface area is 168 Å². The number of benzene rings is 2. The fourth-order valence-corrected chi connectivity index (χ4v) is 3.79. The van der Waals surface area contributed by atoms with Gasteiger partial charge in [0.25, 0.3) is 0 Å². The number of ether oxygens (including phenoxy) is 2. The first-order valence-electron chi connectivity index (χ1n) is 9.21. The van der Waals surface area contributed by atoms with Crippen LogP contribution in [0.4, 0.5) is 5.69 Å². The molecule has 0 N–H and O–H groups in total. The maximum absolute atomic E-state index is 12.9. The van der Waals surface area contributed by atoms with Crippen LogP contribution in [0.1, 0.15) is 12.0 Å². The van der Waals surface area contributed by atoms with Crippen LogP contribution in [0.2, 0.25) is 5.02 Å². The molecule has 2 aromatic carbocycles. The molecule has 4 rings (SSSR count). The van der Waals surface area contributed by atoms with E-state index in [0.29, 0.717) is 42.8 Å². The summed E-state index contributed by atoms with van der Waals surface area (Å²) >= 11 is 6.19. The third-order valence-electron chi connectivity index (χ3n) is 5.05. The summed E-state index contributed by atoms with van der Waals surface area (Å²) in [6.45, 7) is 1.76. The lowest BCUT2D eigenvalue weighted by Gasteiger charge is -2.23. The van der Waals surface area contributed by atoms with E-state index in [0.717, 1.165) is 11.3 Å². The van der Waals surface area contributed by atoms with Crippen molar-refractivity contribution < 1.29 is 19.1 Å². The summed E-state index contributed by atoms with van der Waals surface area (Å²) in [7, 11) is 1.74. The second-order valence-corrected chi connectivity index (χ2v) is 7.43. The van der Waals surface area contributed by atoms with Gasteiger partial charge >= 0.3 is 0 Å². The molecule has 146 valence electrons. The second-order valence-electron chi connectivity index (χ2n) is 7.02. The van der Waals surface area contributed by atoms with Gasteiger partial charge in [0.05, 0.1) is 5.92 Å². The zero-order valence-electron chi connectivity index (χ0n) is 15.6. The van der Waals surface area contributed by atoms with Crippen molar-refractivity contribution in [3.05, 3.63) is 53.1 Å². The number of fused-ring (bicyclic) bond motifs is 1. The summed E-state index contributed by atoms with van der Waals surface area (Å²) in [5, 5.41) is 0.627. The summed E-state index contributed by atoms with van der Waals surface area (Å²) in [6, 6.07) is 12.9. The van der Waals surface area contributed by atoms with Gasteiger partial charge in [-0.3, -0.25) is 9.59 Å². The predicted molar refractivity (Wildman–Crippen MR) is 106 cm³/mol. The zero-order valence-corrected chi connectivity index (χ0v) is 16.3. The van der Waals surface area contributed by atoms with E-state index < -0.39 is 0 Å². The van der Waals surface area contributed by atoms with Crippen molar-refractivity contribution in [3.63, 3.8) is 0 Å². The van der Waals surface area contributed by atoms with Gasteiger partial charge in [-0.25, -0.2) is 0 Å². The van der Waals surface area contributed by atoms with Crippen LogP contribution in [0, 0.1) is 5.92 Å². The fourth-order valence-electron chi connectivity index (χ4n) is 3.59. The van der Waals surface area contributed by atoms with E-state index >= 15 is 0 Å². The van der Waals surface area contributed by atoms with Crippen molar-refractivity contribution in [3.8, 4) is 11.5 Å². The molecule has 1 atom stereocenters. The van der Waals surface area contributed by atoms with Crippen LogP contribution in [0.3, 0.4) is 0 Å². The number of nitrogens with zero attached hydrogens (tertiary/aromatic N) is 2. The lowest BCUT2D eigenvalue weighted by molar-refractivity contribution is -0.135. The van der Waals surface area contributed by atoms with E-state index in [9.17, 15) is 9.59 Å². The lowest BCUT2D eigenvalue weighted by Crippen LogP contribution is -2.34. The van der Waals surface area contributed by atoms with E-state index in [-0.39, 0.29) is 24.2 Å². The minimum absolute atomic E-state index is 0.0617. The van der Waals surface area contributed by atoms with E-state index in [1.54, 1.807) is 35.0 Å². The maximum Gasteiger partial charge on any atom is 0.228 e. The normalized spacial score (nSPS) is 18.3. The van der Waals surface area contributed by atoms with Gasteiger partial charge in [-0.05, 0) is 23.8 Å². The number of hydrogen-bond acceptors (Lipinski definition) is 4. The molecule has 2 aromatic rings. The Morgan fingerprint density at radius 2 is 1.93 bits per heavy atom. The van der Waals surface area contributed by atoms with Crippen LogP contribution in [-0.4, -0.2) is 43.5 Å². The van der Waals surface area contributed by atoms with E-state index in [4.69, 9.17) is 21.1 Å². The molecule has 0 unspecified atom stereocenters. The Morgan fingerprint density at radius 1 is 1.18 bits per heavy atom. The molecule has 0 saturated carbocycles. The van der Waals surface area contributed by atoms with Crippen molar-refractivity contribution in [2.24, 2.45) is 5.92 Å². The highest BCUT2D eigenvalue weighted by Crippen LogP contribution is 2.36. The second kappa shape index (κ2) is 7.72. The Balaban J connectivity index is 1.45. The first-order valence-corrected chi connectivity index (χ1v) is 9.59. The molecule has 1 saturated heterocycles. The third kappa shape index (κ3) is 3.64. The molecular weight excluding hydrogens is 380 g/mol. The molecular formula is C21H21ClN2O4. The van der Waals surface area contributed by atoms with Crippen LogP contribution >= 0.6 is 11.6 Å². The molecule has 0 bridgehead atoms. The number of hydrogen-bond donors (Lipinski definition) is 0. The van der Waals surface area contributed by atoms with Gasteiger partial charge in [0, 0.05) is 43.3 Å². The van der Waals surface area contributed by atoms with Crippen LogP contribution in [0.5, 0.6) is 11.5 Å². The highest BCUT2D eigenvalue weighted by Gasteiger charge is 2.37. The van der Waals surface area contributed by atoms with Gasteiger partial charge in [0.2, 0.25) is 11.8 Å². The monoisotopic (exact) mass is 400 g/mol. The van der Waals surface area contributed by atoms with Crippen molar-refractivity contribution in [2.45, 2.75) is 13.0 Å². The smallest absolute Gasteiger partial charge is 0.228 e. The molecule has 0 aliphatic carbocycles. The number of carbonyl (C=O) groups excluding carboxylic acids is 2. The topological polar surface area (TPSA) is 59.1 Å². The summed E-state index contributed by atoms with van der Waals surface area (Å²) in [4.78, 5) is 28.7. The lowest BCUT2D eigenvalue weighted by atomic mass is 10.1. The number of amides is 2. The standard InChI is InChI=1S/C21H21ClN2O4/c1-23(12-14-4-2-3-5-17(14)22)21(26)15-10-20(25)24(13-15)16-6-7-18-19(11-16)28-9-8-27-18/h2-7,11,15H,8-10,12-13H2,1H3/t15-/m0/s1. The number of halogens is 1. The summed E-state index contributed by atoms with van der Waals surface area (Å²) < 4.78 is 11.1. The molecule has 0 spiro atoms. The number of anilines is 1. The van der Waals surface area contributed by atoms with Gasteiger partial charge in [-0.2, -0.15) is 0 Å². The Bertz CT molecular complexity index is 917. The minimum atomic E-state index is -0.381. The molecule has 0 radical (unpaired) electrons. The van der Waals surface area contributed by atoms with Crippen molar-refractivity contribution in [1.82, 2.24) is 4.90 Å². The van der Waals surface area contributed by atoms with Crippen molar-refractivity contribution in [2.75, 3.05) is 31.7 Å². The Morgan fingerprint density at radius 3 is 2.71 bits per heavy atom. The van der Waals surface area contributed by atoms with Crippen LogP contribution in [0.15, 0.2) is 42.5 Å². The van der Waals surface area contributed by atoms with Crippen molar-refractivity contribution in [1.29, 1.82) is 0 Å². The summed E-state index contributed by atoms with van der Waals surface area (Å²) in [5.74, 6) is 0.790. The minimum Gasteiger partial charge on any atom is -0.486 e. The molecule has 1 fully saturated rings. The Hall–Kier alpha value is -2.73. The predicted octanol–water partition coefficient (Wildman–Crippen LogP) is 3.12. The molecule has 2 amide bonds. The molecule has 7 heteroatoms. The largest absolute Gasteiger partial charge is 0.486 e. The van der Waals surface area contributed by atoms with Crippen molar-refractivity contribution >= 4 is 29.1 Å². The average Bonchev–Trinajstić information content (AvgIpc) is 3.10. The average molecular weight is 401 g/mol. The summed E-state index contributed by atoms with van der Waals surface area (Å²) in [5.41, 5.74) is 1.60. The van der Waals surface area contributed by atoms with Gasteiger partial charge in [0.1, 0.15) is 13.2 Å². The molecule has 2 heterocycles. The number of carbonyl (C=O) groups is 2. The first kappa shape index (κ1) is 18.6.